The number of nitrogens with two attached hydrogens (primary N) is 1. The number of fused-ring (bicyclic) bond motifs is 1. The van der Waals surface area contributed by atoms with Crippen molar-refractivity contribution in [1.29, 1.82) is 0 Å². The first-order valence-corrected chi connectivity index (χ1v) is 12.5. The molecule has 2 heterocycles. The molecule has 1 atom stereocenters. The molecule has 4 aromatic rings. The molecule has 0 bridgehead atoms. The van der Waals surface area contributed by atoms with Crippen molar-refractivity contribution in [2.45, 2.75) is 25.9 Å². The molecule has 1 aromatic heterocycles. The molecule has 0 radical (unpaired) electrons. The highest BCUT2D eigenvalue weighted by molar-refractivity contribution is 6.31. The number of primary amides is 1. The largest absolute Gasteiger partial charge is 0.496 e. The number of amides is 2. The molecule has 2 N–H and O–H groups in total. The van der Waals surface area contributed by atoms with Crippen molar-refractivity contribution in [3.63, 3.8) is 0 Å². The van der Waals surface area contributed by atoms with Gasteiger partial charge < -0.3 is 15.0 Å². The van der Waals surface area contributed by atoms with Crippen molar-refractivity contribution in [2.24, 2.45) is 5.73 Å². The van der Waals surface area contributed by atoms with E-state index in [2.05, 4.69) is 0 Å². The van der Waals surface area contributed by atoms with Crippen LogP contribution >= 0.6 is 23.2 Å². The van der Waals surface area contributed by atoms with Gasteiger partial charge in [0.25, 0.3) is 5.91 Å². The number of hydrogen-bond donors (Lipinski definition) is 1. The summed E-state index contributed by atoms with van der Waals surface area (Å²) in [5.74, 6) is -0.940. The van der Waals surface area contributed by atoms with Gasteiger partial charge in [0.15, 0.2) is 11.5 Å². The fourth-order valence-electron chi connectivity index (χ4n) is 4.85. The van der Waals surface area contributed by atoms with Crippen molar-refractivity contribution in [3.05, 3.63) is 99.0 Å². The van der Waals surface area contributed by atoms with Gasteiger partial charge in [-0.3, -0.25) is 14.5 Å². The number of anilines is 1. The second-order valence-electron chi connectivity index (χ2n) is 9.11. The maximum atomic E-state index is 15.3. The quantitative estimate of drug-likeness (QED) is 0.298. The molecule has 0 saturated carbocycles. The number of carbonyl (C=O) groups is 2. The smallest absolute Gasteiger partial charge is 0.279 e. The zero-order valence-electron chi connectivity index (χ0n) is 20.7. The van der Waals surface area contributed by atoms with Gasteiger partial charge in [-0.2, -0.15) is 0 Å². The molecule has 194 valence electrons. The third-order valence-corrected chi connectivity index (χ3v) is 7.05. The standard InChI is InChI=1S/C28H23Cl2FN4O3/c1-14(2)34-25-23(33-27(34)18-13-16(26(32)36)9-12-21(18)38-3)28(37)35(20-6-4-5-19(30)22(20)31)24(25)15-7-10-17(29)11-8-15/h4-14,24H,1-3H3,(H2,32,36). The Morgan fingerprint density at radius 3 is 2.45 bits per heavy atom. The Bertz CT molecular complexity index is 1580. The number of methoxy groups -OCH3 is 1. The molecule has 5 rings (SSSR count). The molecule has 1 aliphatic rings. The molecule has 38 heavy (non-hydrogen) atoms. The van der Waals surface area contributed by atoms with Crippen LogP contribution in [0.1, 0.15) is 58.0 Å². The van der Waals surface area contributed by atoms with Crippen LogP contribution in [0.15, 0.2) is 60.7 Å². The predicted octanol–water partition coefficient (Wildman–Crippen LogP) is 6.43. The minimum atomic E-state index is -0.739. The van der Waals surface area contributed by atoms with E-state index in [-0.39, 0.29) is 28.0 Å². The number of nitrogens with zero attached hydrogens (tertiary/aromatic N) is 3. The van der Waals surface area contributed by atoms with Gasteiger partial charge in [0.2, 0.25) is 5.91 Å². The summed E-state index contributed by atoms with van der Waals surface area (Å²) in [6.07, 6.45) is 0. The maximum Gasteiger partial charge on any atom is 0.279 e. The van der Waals surface area contributed by atoms with Crippen LogP contribution in [0.2, 0.25) is 10.0 Å². The lowest BCUT2D eigenvalue weighted by molar-refractivity contribution is 0.0984. The summed E-state index contributed by atoms with van der Waals surface area (Å²) in [6, 6.07) is 15.4. The molecular formula is C28H23Cl2FN4O3. The molecule has 0 aliphatic carbocycles. The van der Waals surface area contributed by atoms with Gasteiger partial charge in [-0.25, -0.2) is 9.37 Å². The minimum Gasteiger partial charge on any atom is -0.496 e. The van der Waals surface area contributed by atoms with E-state index in [1.807, 2.05) is 18.4 Å². The van der Waals surface area contributed by atoms with Crippen molar-refractivity contribution in [3.8, 4) is 17.1 Å². The summed E-state index contributed by atoms with van der Waals surface area (Å²) in [6.45, 7) is 3.89. The summed E-state index contributed by atoms with van der Waals surface area (Å²) in [5.41, 5.74) is 7.75. The van der Waals surface area contributed by atoms with Crippen LogP contribution in [0.5, 0.6) is 5.75 Å². The van der Waals surface area contributed by atoms with Crippen LogP contribution in [0.4, 0.5) is 10.1 Å². The molecule has 3 aromatic carbocycles. The SMILES string of the molecule is COc1ccc(C(N)=O)cc1-c1nc2c(n1C(C)C)C(c1ccc(Cl)cc1)N(c1cccc(Cl)c1F)C2=O. The summed E-state index contributed by atoms with van der Waals surface area (Å²) in [4.78, 5) is 32.0. The third kappa shape index (κ3) is 4.10. The molecule has 0 saturated heterocycles. The molecule has 0 fully saturated rings. The van der Waals surface area contributed by atoms with Gasteiger partial charge >= 0.3 is 0 Å². The Morgan fingerprint density at radius 2 is 1.82 bits per heavy atom. The maximum absolute atomic E-state index is 15.3. The Labute approximate surface area is 228 Å². The van der Waals surface area contributed by atoms with Crippen molar-refractivity contribution in [2.75, 3.05) is 12.0 Å². The van der Waals surface area contributed by atoms with Crippen LogP contribution in [0.3, 0.4) is 0 Å². The van der Waals surface area contributed by atoms with Gasteiger partial charge in [-0.1, -0.05) is 41.4 Å². The minimum absolute atomic E-state index is 0.0330. The molecule has 1 aliphatic heterocycles. The van der Waals surface area contributed by atoms with Crippen LogP contribution in [0, 0.1) is 5.82 Å². The number of benzene rings is 3. The molecule has 2 amide bonds. The number of aromatic nitrogens is 2. The van der Waals surface area contributed by atoms with Crippen LogP contribution in [-0.2, 0) is 0 Å². The van der Waals surface area contributed by atoms with Gasteiger partial charge in [0.1, 0.15) is 17.6 Å². The summed E-state index contributed by atoms with van der Waals surface area (Å²) < 4.78 is 22.8. The van der Waals surface area contributed by atoms with Crippen LogP contribution in [-0.4, -0.2) is 28.5 Å². The molecule has 10 heteroatoms. The average molecular weight is 553 g/mol. The van der Waals surface area contributed by atoms with E-state index in [1.165, 1.54) is 24.1 Å². The van der Waals surface area contributed by atoms with E-state index in [0.29, 0.717) is 33.4 Å². The lowest BCUT2D eigenvalue weighted by atomic mass is 10.0. The highest BCUT2D eigenvalue weighted by Crippen LogP contribution is 2.46. The summed E-state index contributed by atoms with van der Waals surface area (Å²) in [5, 5.41) is 0.417. The van der Waals surface area contributed by atoms with E-state index < -0.39 is 23.7 Å². The molecule has 0 spiro atoms. The topological polar surface area (TPSA) is 90.5 Å². The molecular weight excluding hydrogens is 530 g/mol. The first-order valence-electron chi connectivity index (χ1n) is 11.8. The zero-order valence-corrected chi connectivity index (χ0v) is 22.2. The highest BCUT2D eigenvalue weighted by Gasteiger charge is 2.45. The lowest BCUT2D eigenvalue weighted by Crippen LogP contribution is -2.31. The first-order chi connectivity index (χ1) is 18.1. The van der Waals surface area contributed by atoms with Crippen LogP contribution in [0.25, 0.3) is 11.4 Å². The van der Waals surface area contributed by atoms with Gasteiger partial charge in [-0.15, -0.1) is 0 Å². The number of ether oxygens (including phenoxy) is 1. The third-order valence-electron chi connectivity index (χ3n) is 6.50. The Kier molecular flexibility index (Phi) is 6.63. The zero-order chi connectivity index (χ0) is 27.3. The van der Waals surface area contributed by atoms with Gasteiger partial charge in [-0.05, 0) is 61.9 Å². The van der Waals surface area contributed by atoms with E-state index in [9.17, 15) is 9.59 Å². The predicted molar refractivity (Wildman–Crippen MR) is 145 cm³/mol. The average Bonchev–Trinajstić information content (AvgIpc) is 3.41. The van der Waals surface area contributed by atoms with E-state index >= 15 is 4.39 Å². The van der Waals surface area contributed by atoms with Crippen molar-refractivity contribution >= 4 is 40.7 Å². The first kappa shape index (κ1) is 25.8. The number of halogens is 3. The Morgan fingerprint density at radius 1 is 1.11 bits per heavy atom. The normalized spacial score (nSPS) is 14.8. The lowest BCUT2D eigenvalue weighted by Gasteiger charge is -2.29. The number of rotatable bonds is 6. The van der Waals surface area contributed by atoms with Crippen molar-refractivity contribution < 1.29 is 18.7 Å². The molecule has 1 unspecified atom stereocenters. The molecule has 7 nitrogen and oxygen atoms in total. The van der Waals surface area contributed by atoms with E-state index in [0.717, 1.165) is 0 Å². The monoisotopic (exact) mass is 552 g/mol. The fourth-order valence-corrected chi connectivity index (χ4v) is 5.14. The van der Waals surface area contributed by atoms with E-state index in [1.54, 1.807) is 48.5 Å². The van der Waals surface area contributed by atoms with Crippen LogP contribution < -0.4 is 15.4 Å². The number of imidazole rings is 1. The van der Waals surface area contributed by atoms with Crippen molar-refractivity contribution in [1.82, 2.24) is 9.55 Å². The Balaban J connectivity index is 1.81. The van der Waals surface area contributed by atoms with Gasteiger partial charge in [0, 0.05) is 16.6 Å². The second kappa shape index (κ2) is 9.78. The van der Waals surface area contributed by atoms with Gasteiger partial charge in [0.05, 0.1) is 29.1 Å². The number of hydrogen-bond acceptors (Lipinski definition) is 4. The summed E-state index contributed by atoms with van der Waals surface area (Å²) >= 11 is 12.3. The Hall–Kier alpha value is -3.88. The van der Waals surface area contributed by atoms with E-state index in [4.69, 9.17) is 38.7 Å². The summed E-state index contributed by atoms with van der Waals surface area (Å²) in [7, 11) is 1.50. The fraction of sp³-hybridized carbons (Fsp3) is 0.179. The second-order valence-corrected chi connectivity index (χ2v) is 9.96. The number of carbonyl (C=O) groups excluding carboxylic acids is 2. The highest BCUT2D eigenvalue weighted by atomic mass is 35.5.